The van der Waals surface area contributed by atoms with E-state index in [1.54, 1.807) is 11.3 Å². The fraction of sp³-hybridized carbons (Fsp3) is 0.400. The topological polar surface area (TPSA) is 12.9 Å². The molecule has 0 saturated heterocycles. The van der Waals surface area contributed by atoms with E-state index in [0.29, 0.717) is 5.92 Å². The molecule has 1 aromatic carbocycles. The molecule has 1 unspecified atom stereocenters. The van der Waals surface area contributed by atoms with Gasteiger partial charge in [-0.3, -0.25) is 0 Å². The molecule has 0 aliphatic heterocycles. The van der Waals surface area contributed by atoms with Crippen LogP contribution >= 0.6 is 11.3 Å². The van der Waals surface area contributed by atoms with Gasteiger partial charge in [-0.05, 0) is 18.9 Å². The predicted octanol–water partition coefficient (Wildman–Crippen LogP) is 4.77. The number of hydrogen-bond donors (Lipinski definition) is 0. The van der Waals surface area contributed by atoms with Crippen LogP contribution in [0, 0.1) is 6.92 Å². The van der Waals surface area contributed by atoms with Gasteiger partial charge in [0.15, 0.2) is 0 Å². The highest BCUT2D eigenvalue weighted by molar-refractivity contribution is 7.09. The van der Waals surface area contributed by atoms with Crippen molar-refractivity contribution in [3.63, 3.8) is 0 Å². The minimum Gasteiger partial charge on any atom is -0.250 e. The van der Waals surface area contributed by atoms with Crippen LogP contribution in [0.2, 0.25) is 0 Å². The Morgan fingerprint density at radius 2 is 2.00 bits per heavy atom. The third kappa shape index (κ3) is 2.95. The number of rotatable bonds is 5. The lowest BCUT2D eigenvalue weighted by Gasteiger charge is -2.16. The molecule has 2 aromatic rings. The van der Waals surface area contributed by atoms with Crippen LogP contribution in [0.15, 0.2) is 35.8 Å². The Hall–Kier alpha value is -1.15. The van der Waals surface area contributed by atoms with Crippen molar-refractivity contribution in [1.82, 2.24) is 4.98 Å². The van der Waals surface area contributed by atoms with Crippen molar-refractivity contribution in [2.75, 3.05) is 0 Å². The molecule has 2 rings (SSSR count). The summed E-state index contributed by atoms with van der Waals surface area (Å²) >= 11 is 1.79. The van der Waals surface area contributed by atoms with E-state index in [0.717, 1.165) is 0 Å². The third-order valence-electron chi connectivity index (χ3n) is 3.15. The first-order valence-corrected chi connectivity index (χ1v) is 7.15. The van der Waals surface area contributed by atoms with E-state index >= 15 is 0 Å². The highest BCUT2D eigenvalue weighted by Gasteiger charge is 2.17. The van der Waals surface area contributed by atoms with E-state index in [1.807, 2.05) is 5.51 Å². The number of aryl methyl sites for hydroxylation is 1. The van der Waals surface area contributed by atoms with Crippen molar-refractivity contribution in [3.8, 4) is 0 Å². The first-order valence-electron chi connectivity index (χ1n) is 6.28. The monoisotopic (exact) mass is 245 g/mol. The van der Waals surface area contributed by atoms with Crippen molar-refractivity contribution in [1.29, 1.82) is 0 Å². The summed E-state index contributed by atoms with van der Waals surface area (Å²) < 4.78 is 0. The minimum absolute atomic E-state index is 0.531. The van der Waals surface area contributed by atoms with Gasteiger partial charge in [0.1, 0.15) is 0 Å². The summed E-state index contributed by atoms with van der Waals surface area (Å²) in [6, 6.07) is 10.8. The van der Waals surface area contributed by atoms with Gasteiger partial charge in [-0.2, -0.15) is 0 Å². The molecule has 0 spiro atoms. The van der Waals surface area contributed by atoms with Crippen LogP contribution in [0.5, 0.6) is 0 Å². The summed E-state index contributed by atoms with van der Waals surface area (Å²) in [6.45, 7) is 4.37. The SMILES string of the molecule is CCCCC(c1ccccc1)c1scnc1C. The molecule has 0 bridgehead atoms. The van der Waals surface area contributed by atoms with Gasteiger partial charge in [-0.1, -0.05) is 50.1 Å². The molecule has 90 valence electrons. The van der Waals surface area contributed by atoms with Gasteiger partial charge in [-0.15, -0.1) is 11.3 Å². The Kier molecular flexibility index (Phi) is 4.32. The molecule has 17 heavy (non-hydrogen) atoms. The van der Waals surface area contributed by atoms with Crippen LogP contribution in [0.4, 0.5) is 0 Å². The molecular weight excluding hydrogens is 226 g/mol. The summed E-state index contributed by atoms with van der Waals surface area (Å²) in [5.74, 6) is 0.531. The lowest BCUT2D eigenvalue weighted by Crippen LogP contribution is -2.00. The van der Waals surface area contributed by atoms with Gasteiger partial charge < -0.3 is 0 Å². The summed E-state index contributed by atoms with van der Waals surface area (Å²) in [5.41, 5.74) is 4.58. The minimum atomic E-state index is 0.531. The fourth-order valence-corrected chi connectivity index (χ4v) is 3.15. The van der Waals surface area contributed by atoms with Crippen molar-refractivity contribution < 1.29 is 0 Å². The highest BCUT2D eigenvalue weighted by atomic mass is 32.1. The predicted molar refractivity (Wildman–Crippen MR) is 74.7 cm³/mol. The highest BCUT2D eigenvalue weighted by Crippen LogP contribution is 2.33. The average molecular weight is 245 g/mol. The Bertz CT molecular complexity index is 447. The maximum Gasteiger partial charge on any atom is 0.0797 e. The number of unbranched alkanes of at least 4 members (excludes halogenated alkanes) is 1. The summed E-state index contributed by atoms with van der Waals surface area (Å²) in [4.78, 5) is 5.82. The first kappa shape index (κ1) is 12.3. The molecule has 0 saturated carbocycles. The Morgan fingerprint density at radius 3 is 2.59 bits per heavy atom. The summed E-state index contributed by atoms with van der Waals surface area (Å²) in [5, 5.41) is 0. The molecule has 0 aliphatic rings. The van der Waals surface area contributed by atoms with E-state index in [2.05, 4.69) is 49.2 Å². The van der Waals surface area contributed by atoms with Crippen LogP contribution < -0.4 is 0 Å². The number of nitrogens with zero attached hydrogens (tertiary/aromatic N) is 1. The quantitative estimate of drug-likeness (QED) is 0.739. The Morgan fingerprint density at radius 1 is 1.24 bits per heavy atom. The maximum absolute atomic E-state index is 4.39. The second-order valence-electron chi connectivity index (χ2n) is 4.41. The fourth-order valence-electron chi connectivity index (χ4n) is 2.19. The van der Waals surface area contributed by atoms with Crippen LogP contribution in [-0.2, 0) is 0 Å². The van der Waals surface area contributed by atoms with Crippen molar-refractivity contribution in [2.24, 2.45) is 0 Å². The molecule has 0 radical (unpaired) electrons. The molecule has 0 fully saturated rings. The summed E-state index contributed by atoms with van der Waals surface area (Å²) in [7, 11) is 0. The number of hydrogen-bond acceptors (Lipinski definition) is 2. The maximum atomic E-state index is 4.39. The average Bonchev–Trinajstić information content (AvgIpc) is 2.78. The largest absolute Gasteiger partial charge is 0.250 e. The Balaban J connectivity index is 2.29. The van der Waals surface area contributed by atoms with Crippen molar-refractivity contribution >= 4 is 11.3 Å². The molecule has 1 heterocycles. The zero-order valence-corrected chi connectivity index (χ0v) is 11.3. The second kappa shape index (κ2) is 5.97. The van der Waals surface area contributed by atoms with Gasteiger partial charge in [0.05, 0.1) is 11.2 Å². The van der Waals surface area contributed by atoms with Gasteiger partial charge in [0.25, 0.3) is 0 Å². The molecule has 0 N–H and O–H groups in total. The van der Waals surface area contributed by atoms with Crippen LogP contribution in [-0.4, -0.2) is 4.98 Å². The number of thiazole rings is 1. The van der Waals surface area contributed by atoms with Crippen LogP contribution in [0.25, 0.3) is 0 Å². The van der Waals surface area contributed by atoms with Gasteiger partial charge >= 0.3 is 0 Å². The van der Waals surface area contributed by atoms with Gasteiger partial charge in [-0.25, -0.2) is 4.98 Å². The standard InChI is InChI=1S/C15H19NS/c1-3-4-10-14(13-8-6-5-7-9-13)15-12(2)16-11-17-15/h5-9,11,14H,3-4,10H2,1-2H3. The molecule has 0 aliphatic carbocycles. The lowest BCUT2D eigenvalue weighted by atomic mass is 9.91. The van der Waals surface area contributed by atoms with Crippen LogP contribution in [0.1, 0.15) is 48.2 Å². The van der Waals surface area contributed by atoms with E-state index in [-0.39, 0.29) is 0 Å². The Labute approximate surface area is 108 Å². The second-order valence-corrected chi connectivity index (χ2v) is 5.29. The molecule has 2 heteroatoms. The smallest absolute Gasteiger partial charge is 0.0797 e. The van der Waals surface area contributed by atoms with Crippen molar-refractivity contribution in [3.05, 3.63) is 52.0 Å². The van der Waals surface area contributed by atoms with Crippen molar-refractivity contribution in [2.45, 2.75) is 39.0 Å². The zero-order chi connectivity index (χ0) is 12.1. The first-order chi connectivity index (χ1) is 8.33. The molecule has 0 amide bonds. The third-order valence-corrected chi connectivity index (χ3v) is 4.19. The molecule has 1 atom stereocenters. The van der Waals surface area contributed by atoms with Gasteiger partial charge in [0.2, 0.25) is 0 Å². The molecule has 1 aromatic heterocycles. The lowest BCUT2D eigenvalue weighted by molar-refractivity contribution is 0.654. The number of benzene rings is 1. The van der Waals surface area contributed by atoms with Crippen LogP contribution in [0.3, 0.4) is 0 Å². The molecular formula is C15H19NS. The van der Waals surface area contributed by atoms with E-state index in [1.165, 1.54) is 35.4 Å². The number of aromatic nitrogens is 1. The van der Waals surface area contributed by atoms with E-state index in [4.69, 9.17) is 0 Å². The van der Waals surface area contributed by atoms with E-state index < -0.39 is 0 Å². The zero-order valence-electron chi connectivity index (χ0n) is 10.5. The van der Waals surface area contributed by atoms with E-state index in [9.17, 15) is 0 Å². The normalized spacial score (nSPS) is 12.6. The van der Waals surface area contributed by atoms with Gasteiger partial charge in [0, 0.05) is 10.8 Å². The summed E-state index contributed by atoms with van der Waals surface area (Å²) in [6.07, 6.45) is 3.75. The molecule has 1 nitrogen and oxygen atoms in total.